The van der Waals surface area contributed by atoms with Gasteiger partial charge in [-0.25, -0.2) is 0 Å². The first-order chi connectivity index (χ1) is 11.1. The second-order valence-electron chi connectivity index (χ2n) is 7.62. The number of benzene rings is 1. The maximum atomic E-state index is 10.1. The Labute approximate surface area is 137 Å². The first-order valence-electron chi connectivity index (χ1n) is 8.67. The summed E-state index contributed by atoms with van der Waals surface area (Å²) >= 11 is 0. The molecule has 4 heteroatoms. The number of nitrogens with zero attached hydrogens (tertiary/aromatic N) is 2. The summed E-state index contributed by atoms with van der Waals surface area (Å²) < 4.78 is 5.42. The number of likely N-dealkylation sites (N-methyl/N-ethyl adjacent to an activating group) is 1. The van der Waals surface area contributed by atoms with Gasteiger partial charge in [-0.2, -0.15) is 0 Å². The lowest BCUT2D eigenvalue weighted by molar-refractivity contribution is -0.0330. The number of piperidine rings is 2. The molecule has 0 radical (unpaired) electrons. The number of likely N-dealkylation sites (tertiary alicyclic amines) is 2. The highest BCUT2D eigenvalue weighted by Gasteiger charge is 2.40. The van der Waals surface area contributed by atoms with Gasteiger partial charge < -0.3 is 14.4 Å². The van der Waals surface area contributed by atoms with Crippen molar-refractivity contribution in [2.24, 2.45) is 5.41 Å². The van der Waals surface area contributed by atoms with Gasteiger partial charge in [0.2, 0.25) is 0 Å². The average Bonchev–Trinajstić information content (AvgIpc) is 2.96. The summed E-state index contributed by atoms with van der Waals surface area (Å²) in [6.45, 7) is 5.23. The second kappa shape index (κ2) is 5.93. The minimum absolute atomic E-state index is 0.149. The highest BCUT2D eigenvalue weighted by atomic mass is 16.3. The highest BCUT2D eigenvalue weighted by Crippen LogP contribution is 2.39. The maximum absolute atomic E-state index is 10.1. The third kappa shape index (κ3) is 3.16. The standard InChI is InChI=1S/C19H26N2O2/c1-20-13-17(22)11-19(14-20)5-7-21(8-6-19)12-15-2-3-18-16(10-15)4-9-23-18/h2-4,9-10,17,22H,5-8,11-14H2,1H3. The Morgan fingerprint density at radius 3 is 2.87 bits per heavy atom. The van der Waals surface area contributed by atoms with Gasteiger partial charge in [0.15, 0.2) is 0 Å². The number of hydrogen-bond donors (Lipinski definition) is 1. The van der Waals surface area contributed by atoms with E-state index in [0.717, 1.165) is 44.7 Å². The number of hydrogen-bond acceptors (Lipinski definition) is 4. The van der Waals surface area contributed by atoms with Crippen LogP contribution < -0.4 is 0 Å². The third-order valence-electron chi connectivity index (χ3n) is 5.64. The van der Waals surface area contributed by atoms with Gasteiger partial charge in [-0.15, -0.1) is 0 Å². The topological polar surface area (TPSA) is 39.9 Å². The lowest BCUT2D eigenvalue weighted by atomic mass is 9.71. The van der Waals surface area contributed by atoms with Crippen molar-refractivity contribution in [2.45, 2.75) is 31.9 Å². The fourth-order valence-corrected chi connectivity index (χ4v) is 4.55. The molecule has 1 unspecified atom stereocenters. The van der Waals surface area contributed by atoms with E-state index >= 15 is 0 Å². The Balaban J connectivity index is 1.39. The van der Waals surface area contributed by atoms with Crippen molar-refractivity contribution < 1.29 is 9.52 Å². The van der Waals surface area contributed by atoms with Crippen molar-refractivity contribution in [3.8, 4) is 0 Å². The molecule has 2 aliphatic heterocycles. The normalized spacial score (nSPS) is 26.1. The van der Waals surface area contributed by atoms with Crippen molar-refractivity contribution in [1.82, 2.24) is 9.80 Å². The third-order valence-corrected chi connectivity index (χ3v) is 5.64. The predicted molar refractivity (Wildman–Crippen MR) is 91.3 cm³/mol. The number of rotatable bonds is 2. The van der Waals surface area contributed by atoms with E-state index in [1.54, 1.807) is 6.26 Å². The molecule has 3 heterocycles. The van der Waals surface area contributed by atoms with Crippen molar-refractivity contribution in [3.63, 3.8) is 0 Å². The summed E-state index contributed by atoms with van der Waals surface area (Å²) in [6.07, 6.45) is 4.98. The minimum atomic E-state index is -0.149. The lowest BCUT2D eigenvalue weighted by Crippen LogP contribution is -2.52. The first kappa shape index (κ1) is 15.2. The van der Waals surface area contributed by atoms with Crippen LogP contribution in [0.2, 0.25) is 0 Å². The van der Waals surface area contributed by atoms with Gasteiger partial charge in [0, 0.05) is 25.0 Å². The van der Waals surface area contributed by atoms with Crippen LogP contribution in [0.15, 0.2) is 34.9 Å². The lowest BCUT2D eigenvalue weighted by Gasteiger charge is -2.48. The molecule has 1 aromatic heterocycles. The van der Waals surface area contributed by atoms with Crippen molar-refractivity contribution in [2.75, 3.05) is 33.2 Å². The molecule has 2 aromatic rings. The van der Waals surface area contributed by atoms with Crippen LogP contribution >= 0.6 is 0 Å². The summed E-state index contributed by atoms with van der Waals surface area (Å²) in [5, 5.41) is 11.3. The molecule has 1 aromatic carbocycles. The fourth-order valence-electron chi connectivity index (χ4n) is 4.55. The molecule has 124 valence electrons. The van der Waals surface area contributed by atoms with Crippen LogP contribution in [0.4, 0.5) is 0 Å². The van der Waals surface area contributed by atoms with Gasteiger partial charge in [0.25, 0.3) is 0 Å². The van der Waals surface area contributed by atoms with Crippen molar-refractivity contribution in [3.05, 3.63) is 36.1 Å². The molecule has 1 atom stereocenters. The molecule has 2 fully saturated rings. The first-order valence-corrected chi connectivity index (χ1v) is 8.67. The Bertz CT molecular complexity index is 661. The van der Waals surface area contributed by atoms with Gasteiger partial charge in [0.05, 0.1) is 12.4 Å². The molecule has 0 saturated carbocycles. The van der Waals surface area contributed by atoms with Gasteiger partial charge >= 0.3 is 0 Å². The van der Waals surface area contributed by atoms with E-state index in [9.17, 15) is 5.11 Å². The summed E-state index contributed by atoms with van der Waals surface area (Å²) in [5.41, 5.74) is 2.65. The SMILES string of the molecule is CN1CC(O)CC2(CCN(Cc3ccc4occc4c3)CC2)C1. The fraction of sp³-hybridized carbons (Fsp3) is 0.579. The Hall–Kier alpha value is -1.36. The Morgan fingerprint density at radius 1 is 1.26 bits per heavy atom. The molecule has 1 N–H and O–H groups in total. The number of aliphatic hydroxyl groups is 1. The molecular formula is C19H26N2O2. The Morgan fingerprint density at radius 2 is 2.09 bits per heavy atom. The molecule has 1 spiro atoms. The molecule has 2 aliphatic rings. The van der Waals surface area contributed by atoms with E-state index in [1.165, 1.54) is 23.8 Å². The maximum Gasteiger partial charge on any atom is 0.133 e. The zero-order chi connectivity index (χ0) is 15.9. The Kier molecular flexibility index (Phi) is 3.92. The summed E-state index contributed by atoms with van der Waals surface area (Å²) in [4.78, 5) is 4.85. The molecule has 4 nitrogen and oxygen atoms in total. The van der Waals surface area contributed by atoms with Crippen LogP contribution in [0.25, 0.3) is 11.0 Å². The average molecular weight is 314 g/mol. The summed E-state index contributed by atoms with van der Waals surface area (Å²) in [7, 11) is 2.14. The van der Waals surface area contributed by atoms with E-state index in [-0.39, 0.29) is 6.10 Å². The second-order valence-corrected chi connectivity index (χ2v) is 7.62. The highest BCUT2D eigenvalue weighted by molar-refractivity contribution is 5.77. The van der Waals surface area contributed by atoms with Gasteiger partial charge in [-0.05, 0) is 68.6 Å². The van der Waals surface area contributed by atoms with Crippen LogP contribution in [0.5, 0.6) is 0 Å². The van der Waals surface area contributed by atoms with Crippen LogP contribution in [0.1, 0.15) is 24.8 Å². The number of fused-ring (bicyclic) bond motifs is 1. The monoisotopic (exact) mass is 314 g/mol. The van der Waals surface area contributed by atoms with Gasteiger partial charge in [0.1, 0.15) is 5.58 Å². The molecule has 0 aliphatic carbocycles. The quantitative estimate of drug-likeness (QED) is 0.925. The summed E-state index contributed by atoms with van der Waals surface area (Å²) in [5.74, 6) is 0. The number of aliphatic hydroxyl groups excluding tert-OH is 1. The van der Waals surface area contributed by atoms with Crippen LogP contribution in [0, 0.1) is 5.41 Å². The van der Waals surface area contributed by atoms with E-state index in [1.807, 2.05) is 6.07 Å². The van der Waals surface area contributed by atoms with E-state index < -0.39 is 0 Å². The zero-order valence-corrected chi connectivity index (χ0v) is 13.9. The van der Waals surface area contributed by atoms with E-state index in [4.69, 9.17) is 4.42 Å². The molecule has 0 bridgehead atoms. The smallest absolute Gasteiger partial charge is 0.133 e. The number of furan rings is 1. The molecule has 4 rings (SSSR count). The molecule has 23 heavy (non-hydrogen) atoms. The molecule has 2 saturated heterocycles. The molecular weight excluding hydrogens is 288 g/mol. The van der Waals surface area contributed by atoms with Crippen molar-refractivity contribution >= 4 is 11.0 Å². The summed E-state index contributed by atoms with van der Waals surface area (Å²) in [6, 6.07) is 8.52. The van der Waals surface area contributed by atoms with Gasteiger partial charge in [-0.1, -0.05) is 6.07 Å². The van der Waals surface area contributed by atoms with E-state index in [0.29, 0.717) is 5.41 Å². The predicted octanol–water partition coefficient (Wildman–Crippen LogP) is 2.71. The van der Waals surface area contributed by atoms with Gasteiger partial charge in [-0.3, -0.25) is 4.90 Å². The number of β-amino-alcohol motifs (C(OH)–C–C–N with tert-alkyl or cyclic N) is 1. The minimum Gasteiger partial charge on any atom is -0.464 e. The van der Waals surface area contributed by atoms with Crippen LogP contribution in [0.3, 0.4) is 0 Å². The van der Waals surface area contributed by atoms with E-state index in [2.05, 4.69) is 35.0 Å². The van der Waals surface area contributed by atoms with Crippen LogP contribution in [-0.2, 0) is 6.54 Å². The van der Waals surface area contributed by atoms with Crippen LogP contribution in [-0.4, -0.2) is 54.2 Å². The zero-order valence-electron chi connectivity index (χ0n) is 13.9. The van der Waals surface area contributed by atoms with Crippen molar-refractivity contribution in [1.29, 1.82) is 0 Å². The largest absolute Gasteiger partial charge is 0.464 e. The molecule has 0 amide bonds.